The Hall–Kier alpha value is -0.670. The second-order valence-corrected chi connectivity index (χ2v) is 8.82. The molecule has 6 heteroatoms. The summed E-state index contributed by atoms with van der Waals surface area (Å²) in [7, 11) is 0. The molecule has 0 saturated heterocycles. The standard InChI is InChI=1S/C24H32Cl4O2/c1-2-3-4-5-6-7-8-9-10-11-12-13-14-15-16-17-21(29)30-24-20(26)18-19(25)22(27)23(24)28/h6-7,9-10,18H,2-5,8,11-17H2,1H3/b7-6-,10-9-. The Kier molecular flexibility index (Phi) is 15.5. The molecule has 1 aromatic carbocycles. The molecule has 0 unspecified atom stereocenters. The minimum atomic E-state index is -0.372. The smallest absolute Gasteiger partial charge is 0.311 e. The van der Waals surface area contributed by atoms with Gasteiger partial charge in [-0.25, -0.2) is 0 Å². The van der Waals surface area contributed by atoms with Gasteiger partial charge < -0.3 is 4.74 Å². The van der Waals surface area contributed by atoms with Crippen LogP contribution in [0, 0.1) is 0 Å². The van der Waals surface area contributed by atoms with E-state index >= 15 is 0 Å². The van der Waals surface area contributed by atoms with Crippen LogP contribution in [-0.2, 0) is 4.79 Å². The number of ether oxygens (including phenoxy) is 1. The summed E-state index contributed by atoms with van der Waals surface area (Å²) >= 11 is 23.9. The molecule has 0 heterocycles. The molecular weight excluding hydrogens is 462 g/mol. The van der Waals surface area contributed by atoms with E-state index in [4.69, 9.17) is 51.1 Å². The predicted molar refractivity (Wildman–Crippen MR) is 131 cm³/mol. The average molecular weight is 494 g/mol. The number of rotatable bonds is 15. The van der Waals surface area contributed by atoms with E-state index in [-0.39, 0.29) is 31.8 Å². The first-order valence-electron chi connectivity index (χ1n) is 10.8. The summed E-state index contributed by atoms with van der Waals surface area (Å²) in [5, 5.41) is 0.577. The van der Waals surface area contributed by atoms with Crippen molar-refractivity contribution in [3.63, 3.8) is 0 Å². The van der Waals surface area contributed by atoms with Gasteiger partial charge in [0.05, 0.1) is 15.1 Å². The summed E-state index contributed by atoms with van der Waals surface area (Å²) in [4.78, 5) is 12.0. The fourth-order valence-electron chi connectivity index (χ4n) is 2.89. The Morgan fingerprint density at radius 1 is 0.800 bits per heavy atom. The first-order valence-corrected chi connectivity index (χ1v) is 12.3. The lowest BCUT2D eigenvalue weighted by Gasteiger charge is -2.10. The second kappa shape index (κ2) is 17.0. The third-order valence-corrected chi connectivity index (χ3v) is 6.15. The normalized spacial score (nSPS) is 11.6. The fraction of sp³-hybridized carbons (Fsp3) is 0.542. The molecule has 1 rings (SSSR count). The Bertz CT molecular complexity index is 699. The number of halogens is 4. The molecule has 0 amide bonds. The number of allylic oxidation sites excluding steroid dienone is 4. The maximum absolute atomic E-state index is 12.0. The van der Waals surface area contributed by atoms with Gasteiger partial charge in [0, 0.05) is 6.42 Å². The van der Waals surface area contributed by atoms with Crippen molar-refractivity contribution in [2.45, 2.75) is 84.0 Å². The highest BCUT2D eigenvalue weighted by atomic mass is 35.5. The maximum atomic E-state index is 12.0. The molecule has 0 aliphatic heterocycles. The summed E-state index contributed by atoms with van der Waals surface area (Å²) in [5.41, 5.74) is 0. The topological polar surface area (TPSA) is 26.3 Å². The van der Waals surface area contributed by atoms with Gasteiger partial charge in [-0.1, -0.05) is 110 Å². The Morgan fingerprint density at radius 2 is 1.40 bits per heavy atom. The number of benzene rings is 1. The van der Waals surface area contributed by atoms with Crippen LogP contribution >= 0.6 is 46.4 Å². The highest BCUT2D eigenvalue weighted by molar-refractivity contribution is 6.50. The van der Waals surface area contributed by atoms with Crippen LogP contribution in [0.3, 0.4) is 0 Å². The van der Waals surface area contributed by atoms with Crippen LogP contribution in [-0.4, -0.2) is 5.97 Å². The number of hydrogen-bond acceptors (Lipinski definition) is 2. The molecule has 0 aliphatic carbocycles. The first kappa shape index (κ1) is 27.4. The largest absolute Gasteiger partial charge is 0.423 e. The molecule has 0 N–H and O–H groups in total. The van der Waals surface area contributed by atoms with Gasteiger partial charge in [0.15, 0.2) is 5.75 Å². The zero-order valence-electron chi connectivity index (χ0n) is 17.7. The lowest BCUT2D eigenvalue weighted by atomic mass is 10.1. The van der Waals surface area contributed by atoms with Crippen molar-refractivity contribution in [1.29, 1.82) is 0 Å². The lowest BCUT2D eigenvalue weighted by Crippen LogP contribution is -2.08. The number of carbonyl (C=O) groups excluding carboxylic acids is 1. The van der Waals surface area contributed by atoms with Gasteiger partial charge in [-0.3, -0.25) is 4.79 Å². The molecule has 168 valence electrons. The van der Waals surface area contributed by atoms with Crippen molar-refractivity contribution in [3.8, 4) is 5.75 Å². The summed E-state index contributed by atoms with van der Waals surface area (Å²) < 4.78 is 5.27. The monoisotopic (exact) mass is 492 g/mol. The van der Waals surface area contributed by atoms with E-state index in [9.17, 15) is 4.79 Å². The van der Waals surface area contributed by atoms with Crippen LogP contribution in [0.5, 0.6) is 5.75 Å². The molecule has 0 fully saturated rings. The van der Waals surface area contributed by atoms with Gasteiger partial charge in [-0.2, -0.15) is 0 Å². The van der Waals surface area contributed by atoms with E-state index in [2.05, 4.69) is 31.2 Å². The highest BCUT2D eigenvalue weighted by Gasteiger charge is 2.17. The molecule has 0 spiro atoms. The zero-order valence-corrected chi connectivity index (χ0v) is 20.7. The Morgan fingerprint density at radius 3 is 2.07 bits per heavy atom. The first-order chi connectivity index (χ1) is 14.5. The third-order valence-electron chi connectivity index (χ3n) is 4.62. The third kappa shape index (κ3) is 11.6. The molecule has 30 heavy (non-hydrogen) atoms. The van der Waals surface area contributed by atoms with Crippen molar-refractivity contribution in [3.05, 3.63) is 50.5 Å². The maximum Gasteiger partial charge on any atom is 0.311 e. The SMILES string of the molecule is CCCCC/C=C\C/C=C\CCCCCCCC(=O)Oc1c(Cl)cc(Cl)c(Cl)c1Cl. The van der Waals surface area contributed by atoms with Crippen molar-refractivity contribution < 1.29 is 9.53 Å². The van der Waals surface area contributed by atoms with Crippen LogP contribution in [0.25, 0.3) is 0 Å². The molecule has 0 aromatic heterocycles. The second-order valence-electron chi connectivity index (χ2n) is 7.25. The van der Waals surface area contributed by atoms with Crippen molar-refractivity contribution in [2.24, 2.45) is 0 Å². The van der Waals surface area contributed by atoms with E-state index < -0.39 is 0 Å². The predicted octanol–water partition coefficient (Wildman–Crippen LogP) is 10.0. The lowest BCUT2D eigenvalue weighted by molar-refractivity contribution is -0.134. The number of hydrogen-bond donors (Lipinski definition) is 0. The van der Waals surface area contributed by atoms with Gasteiger partial charge in [0.2, 0.25) is 0 Å². The number of carbonyl (C=O) groups is 1. The zero-order chi connectivity index (χ0) is 22.2. The van der Waals surface area contributed by atoms with E-state index in [1.165, 1.54) is 38.2 Å². The molecule has 0 radical (unpaired) electrons. The van der Waals surface area contributed by atoms with Gasteiger partial charge in [-0.05, 0) is 44.6 Å². The van der Waals surface area contributed by atoms with Crippen LogP contribution in [0.4, 0.5) is 0 Å². The molecule has 0 bridgehead atoms. The van der Waals surface area contributed by atoms with Crippen molar-refractivity contribution >= 4 is 52.4 Å². The summed E-state index contributed by atoms with van der Waals surface area (Å²) in [6, 6.07) is 1.41. The van der Waals surface area contributed by atoms with E-state index in [1.807, 2.05) is 0 Å². The quantitative estimate of drug-likeness (QED) is 0.0606. The molecule has 1 aromatic rings. The van der Waals surface area contributed by atoms with Crippen LogP contribution in [0.15, 0.2) is 30.4 Å². The number of unbranched alkanes of at least 4 members (excludes halogenated alkanes) is 8. The van der Waals surface area contributed by atoms with E-state index in [0.29, 0.717) is 6.42 Å². The molecule has 2 nitrogen and oxygen atoms in total. The summed E-state index contributed by atoms with van der Waals surface area (Å²) in [6.45, 7) is 2.23. The van der Waals surface area contributed by atoms with E-state index in [1.54, 1.807) is 0 Å². The van der Waals surface area contributed by atoms with Gasteiger partial charge in [-0.15, -0.1) is 0 Å². The van der Waals surface area contributed by atoms with Gasteiger partial charge in [0.1, 0.15) is 5.02 Å². The Labute approximate surface area is 201 Å². The van der Waals surface area contributed by atoms with Gasteiger partial charge in [0.25, 0.3) is 0 Å². The van der Waals surface area contributed by atoms with Crippen LogP contribution in [0.1, 0.15) is 84.0 Å². The van der Waals surface area contributed by atoms with E-state index in [0.717, 1.165) is 38.5 Å². The van der Waals surface area contributed by atoms with Crippen LogP contribution in [0.2, 0.25) is 20.1 Å². The molecule has 0 aliphatic rings. The molecule has 0 atom stereocenters. The average Bonchev–Trinajstić information content (AvgIpc) is 2.72. The number of esters is 1. The fourth-order valence-corrected chi connectivity index (χ4v) is 3.87. The van der Waals surface area contributed by atoms with Crippen molar-refractivity contribution in [1.82, 2.24) is 0 Å². The summed E-state index contributed by atoms with van der Waals surface area (Å²) in [5.74, 6) is -0.303. The molecular formula is C24H32Cl4O2. The minimum absolute atomic E-state index is 0.0579. The summed E-state index contributed by atoms with van der Waals surface area (Å²) in [6.07, 6.45) is 21.8. The minimum Gasteiger partial charge on any atom is -0.423 e. The van der Waals surface area contributed by atoms with Gasteiger partial charge >= 0.3 is 5.97 Å². The highest BCUT2D eigenvalue weighted by Crippen LogP contribution is 2.42. The van der Waals surface area contributed by atoms with Crippen LogP contribution < -0.4 is 4.74 Å². The van der Waals surface area contributed by atoms with Crippen molar-refractivity contribution in [2.75, 3.05) is 0 Å². The Balaban J connectivity index is 2.07. The molecule has 0 saturated carbocycles.